The normalized spacial score (nSPS) is 17.0. The number of carbonyl (C=O) groups is 1. The second kappa shape index (κ2) is 9.18. The lowest BCUT2D eigenvalue weighted by Crippen LogP contribution is -2.35. The molecule has 0 bridgehead atoms. The van der Waals surface area contributed by atoms with Gasteiger partial charge in [-0.3, -0.25) is 4.79 Å². The van der Waals surface area contributed by atoms with E-state index in [1.54, 1.807) is 0 Å². The maximum atomic E-state index is 13.2. The summed E-state index contributed by atoms with van der Waals surface area (Å²) >= 11 is 0. The van der Waals surface area contributed by atoms with Gasteiger partial charge in [0.15, 0.2) is 0 Å². The molecule has 1 saturated heterocycles. The summed E-state index contributed by atoms with van der Waals surface area (Å²) in [5, 5.41) is 0. The SMILES string of the molecule is COc1ccc(N2C(=O)CCS2(=O)=O)cc1S(=O)(=O)NC[C@H](c1ccc(C)cc1)N(C)C. The predicted molar refractivity (Wildman–Crippen MR) is 122 cm³/mol. The standard InChI is InChI=1S/C21H27N3O6S2/c1-15-5-7-16(8-6-15)18(23(2)3)14-22-32(28,29)20-13-17(9-10-19(20)30-4)24-21(25)11-12-31(24,26)27/h5-10,13,18,22H,11-12,14H2,1-4H3/t18-/m1/s1. The third-order valence-corrected chi connectivity index (χ3v) is 8.44. The number of amides is 1. The largest absolute Gasteiger partial charge is 0.495 e. The van der Waals surface area contributed by atoms with Gasteiger partial charge in [-0.2, -0.15) is 0 Å². The summed E-state index contributed by atoms with van der Waals surface area (Å²) < 4.78 is 59.3. The first-order chi connectivity index (χ1) is 15.0. The summed E-state index contributed by atoms with van der Waals surface area (Å²) in [5.74, 6) is -0.861. The number of nitrogens with one attached hydrogen (secondary N) is 1. The summed E-state index contributed by atoms with van der Waals surface area (Å²) in [7, 11) is -2.89. The van der Waals surface area contributed by atoms with Crippen LogP contribution in [0.2, 0.25) is 0 Å². The molecular weight excluding hydrogens is 454 g/mol. The van der Waals surface area contributed by atoms with Gasteiger partial charge in [-0.15, -0.1) is 0 Å². The number of carbonyl (C=O) groups excluding carboxylic acids is 1. The quantitative estimate of drug-likeness (QED) is 0.610. The van der Waals surface area contributed by atoms with Gasteiger partial charge in [-0.25, -0.2) is 25.9 Å². The number of benzene rings is 2. The molecule has 0 aromatic heterocycles. The molecule has 0 saturated carbocycles. The van der Waals surface area contributed by atoms with Crippen molar-refractivity contribution in [3.8, 4) is 5.75 Å². The van der Waals surface area contributed by atoms with E-state index in [1.807, 2.05) is 50.2 Å². The summed E-state index contributed by atoms with van der Waals surface area (Å²) in [6.45, 7) is 2.05. The average molecular weight is 482 g/mol. The van der Waals surface area contributed by atoms with Crippen LogP contribution in [0, 0.1) is 6.92 Å². The van der Waals surface area contributed by atoms with E-state index in [9.17, 15) is 21.6 Å². The topological polar surface area (TPSA) is 113 Å². The van der Waals surface area contributed by atoms with Crippen LogP contribution >= 0.6 is 0 Å². The number of aryl methyl sites for hydroxylation is 1. The number of anilines is 1. The minimum atomic E-state index is -4.09. The highest BCUT2D eigenvalue weighted by Gasteiger charge is 2.37. The van der Waals surface area contributed by atoms with E-state index in [4.69, 9.17) is 4.74 Å². The summed E-state index contributed by atoms with van der Waals surface area (Å²) in [6, 6.07) is 11.4. The van der Waals surface area contributed by atoms with E-state index < -0.39 is 26.0 Å². The van der Waals surface area contributed by atoms with E-state index in [1.165, 1.54) is 19.2 Å². The van der Waals surface area contributed by atoms with Crippen molar-refractivity contribution >= 4 is 31.6 Å². The van der Waals surface area contributed by atoms with Gasteiger partial charge in [0.2, 0.25) is 26.0 Å². The van der Waals surface area contributed by atoms with Crippen LogP contribution in [-0.2, 0) is 24.8 Å². The Hall–Kier alpha value is -2.47. The average Bonchev–Trinajstić information content (AvgIpc) is 3.01. The lowest BCUT2D eigenvalue weighted by Gasteiger charge is -2.25. The highest BCUT2D eigenvalue weighted by Crippen LogP contribution is 2.32. The van der Waals surface area contributed by atoms with Gasteiger partial charge in [0, 0.05) is 19.0 Å². The van der Waals surface area contributed by atoms with Crippen LogP contribution in [0.5, 0.6) is 5.75 Å². The van der Waals surface area contributed by atoms with Crippen molar-refractivity contribution in [2.24, 2.45) is 0 Å². The van der Waals surface area contributed by atoms with Crippen molar-refractivity contribution in [1.82, 2.24) is 9.62 Å². The van der Waals surface area contributed by atoms with E-state index in [-0.39, 0.29) is 41.1 Å². The molecule has 1 atom stereocenters. The van der Waals surface area contributed by atoms with Gasteiger partial charge in [-0.05, 0) is 44.8 Å². The first-order valence-corrected chi connectivity index (χ1v) is 13.0. The fourth-order valence-corrected chi connectivity index (χ4v) is 6.20. The van der Waals surface area contributed by atoms with Gasteiger partial charge in [0.25, 0.3) is 0 Å². The summed E-state index contributed by atoms with van der Waals surface area (Å²) in [5.41, 5.74) is 2.01. The van der Waals surface area contributed by atoms with Crippen LogP contribution in [0.1, 0.15) is 23.6 Å². The van der Waals surface area contributed by atoms with Gasteiger partial charge in [0.05, 0.1) is 18.6 Å². The molecule has 1 aliphatic rings. The van der Waals surface area contributed by atoms with Crippen molar-refractivity contribution in [1.29, 1.82) is 0 Å². The second-order valence-corrected chi connectivity index (χ2v) is 11.5. The molecule has 32 heavy (non-hydrogen) atoms. The number of hydrogen-bond acceptors (Lipinski definition) is 7. The highest BCUT2D eigenvalue weighted by molar-refractivity contribution is 7.94. The first-order valence-electron chi connectivity index (χ1n) is 9.93. The zero-order valence-electron chi connectivity index (χ0n) is 18.4. The molecule has 0 radical (unpaired) electrons. The van der Waals surface area contributed by atoms with E-state index in [2.05, 4.69) is 4.72 Å². The van der Waals surface area contributed by atoms with Crippen LogP contribution in [0.4, 0.5) is 5.69 Å². The molecule has 1 N–H and O–H groups in total. The summed E-state index contributed by atoms with van der Waals surface area (Å²) in [6.07, 6.45) is -0.143. The van der Waals surface area contributed by atoms with Gasteiger partial charge in [0.1, 0.15) is 10.6 Å². The molecule has 1 amide bonds. The van der Waals surface area contributed by atoms with Crippen LogP contribution in [0.25, 0.3) is 0 Å². The summed E-state index contributed by atoms with van der Waals surface area (Å²) in [4.78, 5) is 13.8. The Kier molecular flexibility index (Phi) is 6.94. The molecule has 9 nitrogen and oxygen atoms in total. The minimum Gasteiger partial charge on any atom is -0.495 e. The van der Waals surface area contributed by atoms with Gasteiger partial charge in [-0.1, -0.05) is 29.8 Å². The van der Waals surface area contributed by atoms with Crippen molar-refractivity contribution < 1.29 is 26.4 Å². The lowest BCUT2D eigenvalue weighted by atomic mass is 10.0. The van der Waals surface area contributed by atoms with Crippen LogP contribution in [0.3, 0.4) is 0 Å². The Bertz CT molecular complexity index is 1210. The molecule has 2 aromatic carbocycles. The van der Waals surface area contributed by atoms with Crippen molar-refractivity contribution in [3.05, 3.63) is 53.6 Å². The Morgan fingerprint density at radius 2 is 1.81 bits per heavy atom. The minimum absolute atomic E-state index is 0.0311. The molecule has 174 valence electrons. The molecule has 11 heteroatoms. The van der Waals surface area contributed by atoms with Crippen LogP contribution in [0.15, 0.2) is 47.4 Å². The number of likely N-dealkylation sites (N-methyl/N-ethyl adjacent to an activating group) is 1. The molecule has 3 rings (SSSR count). The van der Waals surface area contributed by atoms with Crippen LogP contribution in [-0.4, -0.2) is 61.1 Å². The molecule has 1 fully saturated rings. The zero-order valence-corrected chi connectivity index (χ0v) is 20.0. The highest BCUT2D eigenvalue weighted by atomic mass is 32.2. The Morgan fingerprint density at radius 3 is 2.34 bits per heavy atom. The van der Waals surface area contributed by atoms with Gasteiger partial charge >= 0.3 is 0 Å². The fraction of sp³-hybridized carbons (Fsp3) is 0.381. The number of methoxy groups -OCH3 is 1. The Labute approximate surface area is 189 Å². The first kappa shape index (κ1) is 24.2. The maximum absolute atomic E-state index is 13.2. The smallest absolute Gasteiger partial charge is 0.244 e. The van der Waals surface area contributed by atoms with E-state index in [0.717, 1.165) is 17.2 Å². The maximum Gasteiger partial charge on any atom is 0.244 e. The Morgan fingerprint density at radius 1 is 1.16 bits per heavy atom. The van der Waals surface area contributed by atoms with Crippen LogP contribution < -0.4 is 13.8 Å². The van der Waals surface area contributed by atoms with E-state index >= 15 is 0 Å². The molecule has 0 aliphatic carbocycles. The number of hydrogen-bond donors (Lipinski definition) is 1. The third-order valence-electron chi connectivity index (χ3n) is 5.30. The fourth-order valence-electron chi connectivity index (χ4n) is 3.52. The van der Waals surface area contributed by atoms with Crippen molar-refractivity contribution in [3.63, 3.8) is 0 Å². The molecule has 1 heterocycles. The molecule has 0 unspecified atom stereocenters. The molecule has 2 aromatic rings. The van der Waals surface area contributed by atoms with Gasteiger partial charge < -0.3 is 9.64 Å². The van der Waals surface area contributed by atoms with E-state index in [0.29, 0.717) is 4.31 Å². The number of sulfonamides is 2. The third kappa shape index (κ3) is 4.96. The zero-order chi connectivity index (χ0) is 23.7. The van der Waals surface area contributed by atoms with Crippen molar-refractivity contribution in [2.75, 3.05) is 37.8 Å². The van der Waals surface area contributed by atoms with Crippen molar-refractivity contribution in [2.45, 2.75) is 24.3 Å². The number of ether oxygens (including phenoxy) is 1. The lowest BCUT2D eigenvalue weighted by molar-refractivity contribution is -0.116. The number of rotatable bonds is 8. The predicted octanol–water partition coefficient (Wildman–Crippen LogP) is 1.65. The number of nitrogens with zero attached hydrogens (tertiary/aromatic N) is 2. The second-order valence-electron chi connectivity index (χ2n) is 7.80. The Balaban J connectivity index is 1.93. The molecule has 0 spiro atoms. The molecule has 1 aliphatic heterocycles. The molecular formula is C21H27N3O6S2. The monoisotopic (exact) mass is 481 g/mol.